The van der Waals surface area contributed by atoms with Crippen molar-refractivity contribution in [1.82, 2.24) is 4.98 Å². The molecule has 0 saturated heterocycles. The molecule has 0 aliphatic heterocycles. The molecule has 1 heterocycles. The van der Waals surface area contributed by atoms with Crippen molar-refractivity contribution in [3.63, 3.8) is 0 Å². The summed E-state index contributed by atoms with van der Waals surface area (Å²) in [7, 11) is 5.94. The van der Waals surface area contributed by atoms with E-state index in [0.29, 0.717) is 37.6 Å². The van der Waals surface area contributed by atoms with Gasteiger partial charge in [-0.05, 0) is 44.0 Å². The highest BCUT2D eigenvalue weighted by molar-refractivity contribution is 9.11. The third kappa shape index (κ3) is 3.05. The van der Waals surface area contributed by atoms with E-state index in [0.717, 1.165) is 5.56 Å². The Morgan fingerprint density at radius 1 is 1.00 bits per heavy atom. The van der Waals surface area contributed by atoms with Gasteiger partial charge in [-0.3, -0.25) is 0 Å². The first kappa shape index (κ1) is 17.7. The maximum atomic E-state index is 11.8. The Labute approximate surface area is 150 Å². The van der Waals surface area contributed by atoms with Crippen LogP contribution in [0.25, 0.3) is 11.1 Å². The van der Waals surface area contributed by atoms with Gasteiger partial charge < -0.3 is 23.9 Å². The second kappa shape index (κ2) is 7.27. The molecule has 2 aromatic rings. The van der Waals surface area contributed by atoms with Gasteiger partial charge in [0.2, 0.25) is 5.75 Å². The summed E-state index contributed by atoms with van der Waals surface area (Å²) >= 11 is 6.86. The van der Waals surface area contributed by atoms with Crippen LogP contribution in [0, 0.1) is 0 Å². The molecule has 0 saturated carbocycles. The molecule has 0 unspecified atom stereocenters. The number of nitrogens with one attached hydrogen (secondary N) is 1. The predicted molar refractivity (Wildman–Crippen MR) is 92.6 cm³/mol. The minimum absolute atomic E-state index is 0.297. The van der Waals surface area contributed by atoms with E-state index >= 15 is 0 Å². The fraction of sp³-hybridized carbons (Fsp3) is 0.267. The lowest BCUT2D eigenvalue weighted by atomic mass is 10.1. The molecule has 2 rings (SSSR count). The van der Waals surface area contributed by atoms with Crippen molar-refractivity contribution in [2.45, 2.75) is 0 Å². The Kier molecular flexibility index (Phi) is 5.59. The number of methoxy groups -OCH3 is 4. The fourth-order valence-electron chi connectivity index (χ4n) is 2.23. The number of aromatic amines is 1. The molecule has 0 aliphatic carbocycles. The highest BCUT2D eigenvalue weighted by Crippen LogP contribution is 2.48. The minimum atomic E-state index is -0.483. The molecule has 0 bridgehead atoms. The minimum Gasteiger partial charge on any atom is -0.493 e. The molecular formula is C15H15Br2NO5. The number of carbonyl (C=O) groups excluding carboxylic acids is 1. The number of benzene rings is 1. The van der Waals surface area contributed by atoms with Crippen molar-refractivity contribution >= 4 is 37.8 Å². The molecule has 124 valence electrons. The van der Waals surface area contributed by atoms with Gasteiger partial charge >= 0.3 is 5.97 Å². The lowest BCUT2D eigenvalue weighted by molar-refractivity contribution is 0.0593. The number of halogens is 2. The number of ether oxygens (including phenoxy) is 4. The van der Waals surface area contributed by atoms with E-state index in [1.807, 2.05) is 6.07 Å². The standard InChI is InChI=1S/C15H15Br2NO5/c1-20-8-6-5-7(12(21-2)13(8)22-3)9-10(16)11(15(19)23-4)18-14(9)17/h5-6,18H,1-4H3. The van der Waals surface area contributed by atoms with E-state index in [-0.39, 0.29) is 0 Å². The van der Waals surface area contributed by atoms with Crippen LogP contribution in [-0.2, 0) is 4.74 Å². The van der Waals surface area contributed by atoms with Crippen molar-refractivity contribution in [2.24, 2.45) is 0 Å². The van der Waals surface area contributed by atoms with E-state index < -0.39 is 5.97 Å². The lowest BCUT2D eigenvalue weighted by Crippen LogP contribution is -2.02. The predicted octanol–water partition coefficient (Wildman–Crippen LogP) is 4.02. The third-order valence-electron chi connectivity index (χ3n) is 3.26. The monoisotopic (exact) mass is 447 g/mol. The van der Waals surface area contributed by atoms with Crippen LogP contribution in [0.2, 0.25) is 0 Å². The zero-order valence-electron chi connectivity index (χ0n) is 13.0. The van der Waals surface area contributed by atoms with Gasteiger partial charge in [0.1, 0.15) is 5.69 Å². The fourth-order valence-corrected chi connectivity index (χ4v) is 3.77. The summed E-state index contributed by atoms with van der Waals surface area (Å²) in [5, 5.41) is 0. The van der Waals surface area contributed by atoms with Gasteiger partial charge in [0.15, 0.2) is 11.5 Å². The summed E-state index contributed by atoms with van der Waals surface area (Å²) in [5.41, 5.74) is 1.73. The number of H-pyrrole nitrogens is 1. The van der Waals surface area contributed by atoms with Gasteiger partial charge in [0, 0.05) is 11.1 Å². The van der Waals surface area contributed by atoms with Crippen LogP contribution in [0.3, 0.4) is 0 Å². The lowest BCUT2D eigenvalue weighted by Gasteiger charge is -2.15. The van der Waals surface area contributed by atoms with Crippen LogP contribution in [-0.4, -0.2) is 39.4 Å². The van der Waals surface area contributed by atoms with E-state index in [2.05, 4.69) is 36.8 Å². The maximum absolute atomic E-state index is 11.8. The Balaban J connectivity index is 2.73. The molecule has 1 aromatic carbocycles. The largest absolute Gasteiger partial charge is 0.493 e. The van der Waals surface area contributed by atoms with Crippen LogP contribution in [0.1, 0.15) is 10.5 Å². The number of esters is 1. The van der Waals surface area contributed by atoms with Gasteiger partial charge in [0.05, 0.1) is 37.5 Å². The maximum Gasteiger partial charge on any atom is 0.355 e. The van der Waals surface area contributed by atoms with Gasteiger partial charge in [-0.2, -0.15) is 0 Å². The normalized spacial score (nSPS) is 10.3. The quantitative estimate of drug-likeness (QED) is 0.699. The molecule has 0 fully saturated rings. The Morgan fingerprint density at radius 3 is 2.17 bits per heavy atom. The molecule has 0 spiro atoms. The molecular weight excluding hydrogens is 434 g/mol. The zero-order chi connectivity index (χ0) is 17.1. The summed E-state index contributed by atoms with van der Waals surface area (Å²) < 4.78 is 22.1. The molecule has 23 heavy (non-hydrogen) atoms. The van der Waals surface area contributed by atoms with Crippen LogP contribution in [0.4, 0.5) is 0 Å². The topological polar surface area (TPSA) is 69.8 Å². The highest BCUT2D eigenvalue weighted by Gasteiger charge is 2.25. The van der Waals surface area contributed by atoms with E-state index in [9.17, 15) is 4.79 Å². The van der Waals surface area contributed by atoms with Crippen molar-refractivity contribution < 1.29 is 23.7 Å². The average molecular weight is 449 g/mol. The van der Waals surface area contributed by atoms with Gasteiger partial charge in [-0.25, -0.2) is 4.79 Å². The number of aromatic nitrogens is 1. The Morgan fingerprint density at radius 2 is 1.65 bits per heavy atom. The third-order valence-corrected chi connectivity index (χ3v) is 4.64. The first-order valence-electron chi connectivity index (χ1n) is 6.44. The molecule has 6 nitrogen and oxygen atoms in total. The number of rotatable bonds is 5. The summed E-state index contributed by atoms with van der Waals surface area (Å²) in [4.78, 5) is 14.8. The van der Waals surface area contributed by atoms with Gasteiger partial charge in [-0.15, -0.1) is 0 Å². The molecule has 1 aromatic heterocycles. The SMILES string of the molecule is COC(=O)c1[nH]c(Br)c(-c2ccc(OC)c(OC)c2OC)c1Br. The molecule has 0 aliphatic rings. The first-order valence-corrected chi connectivity index (χ1v) is 8.03. The van der Waals surface area contributed by atoms with Crippen molar-refractivity contribution in [2.75, 3.05) is 28.4 Å². The molecule has 8 heteroatoms. The van der Waals surface area contributed by atoms with Gasteiger partial charge in [0.25, 0.3) is 0 Å². The van der Waals surface area contributed by atoms with E-state index in [1.54, 1.807) is 13.2 Å². The number of carbonyl (C=O) groups is 1. The Hall–Kier alpha value is -1.67. The smallest absolute Gasteiger partial charge is 0.355 e. The summed E-state index contributed by atoms with van der Waals surface area (Å²) in [6.07, 6.45) is 0. The molecule has 0 atom stereocenters. The summed E-state index contributed by atoms with van der Waals surface area (Å²) in [5.74, 6) is 1.02. The first-order chi connectivity index (χ1) is 11.0. The number of hydrogen-bond donors (Lipinski definition) is 1. The summed E-state index contributed by atoms with van der Waals surface area (Å²) in [6, 6.07) is 3.58. The van der Waals surface area contributed by atoms with Crippen LogP contribution in [0.5, 0.6) is 17.2 Å². The second-order valence-corrected chi connectivity index (χ2v) is 5.96. The second-order valence-electron chi connectivity index (χ2n) is 4.38. The van der Waals surface area contributed by atoms with Gasteiger partial charge in [-0.1, -0.05) is 0 Å². The van der Waals surface area contributed by atoms with Crippen molar-refractivity contribution in [3.05, 3.63) is 26.9 Å². The number of hydrogen-bond acceptors (Lipinski definition) is 5. The van der Waals surface area contributed by atoms with Crippen molar-refractivity contribution in [1.29, 1.82) is 0 Å². The van der Waals surface area contributed by atoms with Crippen LogP contribution < -0.4 is 14.2 Å². The molecule has 0 radical (unpaired) electrons. The molecule has 1 N–H and O–H groups in total. The van der Waals surface area contributed by atoms with Crippen LogP contribution in [0.15, 0.2) is 21.2 Å². The van der Waals surface area contributed by atoms with Crippen molar-refractivity contribution in [3.8, 4) is 28.4 Å². The van der Waals surface area contributed by atoms with E-state index in [1.165, 1.54) is 21.3 Å². The average Bonchev–Trinajstić information content (AvgIpc) is 2.86. The Bertz CT molecular complexity index is 742. The summed E-state index contributed by atoms with van der Waals surface area (Å²) in [6.45, 7) is 0. The van der Waals surface area contributed by atoms with E-state index in [4.69, 9.17) is 18.9 Å². The highest BCUT2D eigenvalue weighted by atomic mass is 79.9. The van der Waals surface area contributed by atoms with Crippen LogP contribution >= 0.6 is 31.9 Å². The molecule has 0 amide bonds. The zero-order valence-corrected chi connectivity index (χ0v) is 16.1.